The third-order valence-corrected chi connectivity index (χ3v) is 6.05. The highest BCUT2D eigenvalue weighted by Gasteiger charge is 2.22. The van der Waals surface area contributed by atoms with Crippen molar-refractivity contribution in [2.45, 2.75) is 56.4 Å². The fourth-order valence-electron chi connectivity index (χ4n) is 2.50. The molecule has 106 valence electrons. The number of rotatable bonds is 3. The van der Waals surface area contributed by atoms with Gasteiger partial charge in [0.2, 0.25) is 10.0 Å². The van der Waals surface area contributed by atoms with Gasteiger partial charge in [-0.3, -0.25) is 0 Å². The molecule has 1 aromatic carbocycles. The van der Waals surface area contributed by atoms with Crippen molar-refractivity contribution in [3.63, 3.8) is 0 Å². The first-order valence-corrected chi connectivity index (χ1v) is 9.05. The molecule has 0 unspecified atom stereocenters. The third kappa shape index (κ3) is 4.04. The van der Waals surface area contributed by atoms with Gasteiger partial charge in [0, 0.05) is 10.5 Å². The number of benzene rings is 1. The second-order valence-corrected chi connectivity index (χ2v) is 7.78. The Balaban J connectivity index is 2.17. The molecule has 0 bridgehead atoms. The van der Waals surface area contributed by atoms with Crippen LogP contribution in [-0.2, 0) is 10.0 Å². The molecule has 1 saturated carbocycles. The molecule has 0 heterocycles. The van der Waals surface area contributed by atoms with Crippen LogP contribution in [0.3, 0.4) is 0 Å². The fourth-order valence-corrected chi connectivity index (χ4v) is 5.00. The molecule has 1 fully saturated rings. The zero-order chi connectivity index (χ0) is 13.9. The average Bonchev–Trinajstić information content (AvgIpc) is 2.56. The summed E-state index contributed by atoms with van der Waals surface area (Å²) in [5, 5.41) is 0. The Bertz CT molecular complexity index is 534. The van der Waals surface area contributed by atoms with Gasteiger partial charge in [-0.1, -0.05) is 31.7 Å². The first-order chi connectivity index (χ1) is 8.99. The van der Waals surface area contributed by atoms with Gasteiger partial charge in [-0.05, 0) is 53.4 Å². The van der Waals surface area contributed by atoms with E-state index in [0.717, 1.165) is 31.2 Å². The predicted molar refractivity (Wildman–Crippen MR) is 80.7 cm³/mol. The molecular weight excluding hydrogens is 326 g/mol. The molecule has 0 spiro atoms. The Morgan fingerprint density at radius 1 is 1.16 bits per heavy atom. The first-order valence-electron chi connectivity index (χ1n) is 6.77. The fraction of sp³-hybridized carbons (Fsp3) is 0.571. The van der Waals surface area contributed by atoms with Crippen molar-refractivity contribution in [3.05, 3.63) is 28.2 Å². The molecule has 2 rings (SSSR count). The molecule has 1 aromatic rings. The Labute approximate surface area is 124 Å². The highest BCUT2D eigenvalue weighted by molar-refractivity contribution is 9.10. The van der Waals surface area contributed by atoms with Crippen LogP contribution >= 0.6 is 15.9 Å². The van der Waals surface area contributed by atoms with E-state index in [1.807, 2.05) is 19.1 Å². The predicted octanol–water partition coefficient (Wildman–Crippen LogP) is 3.76. The lowest BCUT2D eigenvalue weighted by Crippen LogP contribution is -2.34. The quantitative estimate of drug-likeness (QED) is 0.847. The summed E-state index contributed by atoms with van der Waals surface area (Å²) in [5.74, 6) is 0. The molecule has 5 heteroatoms. The molecule has 0 aliphatic heterocycles. The van der Waals surface area contributed by atoms with E-state index in [1.165, 1.54) is 12.8 Å². The van der Waals surface area contributed by atoms with Crippen molar-refractivity contribution in [2.75, 3.05) is 0 Å². The standard InChI is InChI=1S/C14H20BrNO2S/c1-11-8-9-14(13(15)10-11)19(17,18)16-12-6-4-2-3-5-7-12/h8-10,12,16H,2-7H2,1H3. The van der Waals surface area contributed by atoms with Crippen LogP contribution in [0.4, 0.5) is 0 Å². The lowest BCUT2D eigenvalue weighted by molar-refractivity contribution is 0.509. The normalized spacial score (nSPS) is 18.2. The van der Waals surface area contributed by atoms with Gasteiger partial charge >= 0.3 is 0 Å². The molecule has 1 aliphatic rings. The van der Waals surface area contributed by atoms with E-state index >= 15 is 0 Å². The monoisotopic (exact) mass is 345 g/mol. The van der Waals surface area contributed by atoms with Crippen molar-refractivity contribution in [2.24, 2.45) is 0 Å². The van der Waals surface area contributed by atoms with Crippen molar-refractivity contribution < 1.29 is 8.42 Å². The number of hydrogen-bond acceptors (Lipinski definition) is 2. The second-order valence-electron chi connectivity index (χ2n) is 5.24. The first kappa shape index (κ1) is 15.0. The summed E-state index contributed by atoms with van der Waals surface area (Å²) in [5.41, 5.74) is 1.04. The largest absolute Gasteiger partial charge is 0.241 e. The molecule has 0 amide bonds. The Morgan fingerprint density at radius 2 is 1.79 bits per heavy atom. The minimum atomic E-state index is -3.42. The van der Waals surface area contributed by atoms with Gasteiger partial charge < -0.3 is 0 Å². The number of hydrogen-bond donors (Lipinski definition) is 1. The molecule has 1 aliphatic carbocycles. The van der Waals surface area contributed by atoms with Crippen LogP contribution < -0.4 is 4.72 Å². The SMILES string of the molecule is Cc1ccc(S(=O)(=O)NC2CCCCCC2)c(Br)c1. The van der Waals surface area contributed by atoms with Gasteiger partial charge in [0.05, 0.1) is 4.90 Å². The topological polar surface area (TPSA) is 46.2 Å². The molecular formula is C14H20BrNO2S. The van der Waals surface area contributed by atoms with E-state index in [-0.39, 0.29) is 6.04 Å². The summed E-state index contributed by atoms with van der Waals surface area (Å²) in [6.45, 7) is 1.94. The smallest absolute Gasteiger partial charge is 0.208 e. The molecule has 19 heavy (non-hydrogen) atoms. The maximum Gasteiger partial charge on any atom is 0.241 e. The van der Waals surface area contributed by atoms with Gasteiger partial charge in [-0.25, -0.2) is 13.1 Å². The van der Waals surface area contributed by atoms with Gasteiger partial charge in [-0.2, -0.15) is 0 Å². The van der Waals surface area contributed by atoms with Crippen LogP contribution in [0.1, 0.15) is 44.1 Å². The van der Waals surface area contributed by atoms with E-state index < -0.39 is 10.0 Å². The number of aryl methyl sites for hydroxylation is 1. The van der Waals surface area contributed by atoms with Crippen molar-refractivity contribution in [1.29, 1.82) is 0 Å². The second kappa shape index (κ2) is 6.37. The molecule has 0 aromatic heterocycles. The van der Waals surface area contributed by atoms with E-state index in [9.17, 15) is 8.42 Å². The van der Waals surface area contributed by atoms with Crippen molar-refractivity contribution in [3.8, 4) is 0 Å². The number of halogens is 1. The van der Waals surface area contributed by atoms with Crippen LogP contribution in [0, 0.1) is 6.92 Å². The van der Waals surface area contributed by atoms with Crippen molar-refractivity contribution in [1.82, 2.24) is 4.72 Å². The highest BCUT2D eigenvalue weighted by atomic mass is 79.9. The number of sulfonamides is 1. The third-order valence-electron chi connectivity index (χ3n) is 3.55. The van der Waals surface area contributed by atoms with Gasteiger partial charge in [-0.15, -0.1) is 0 Å². The van der Waals surface area contributed by atoms with Crippen LogP contribution in [0.15, 0.2) is 27.6 Å². The lowest BCUT2D eigenvalue weighted by Gasteiger charge is -2.17. The lowest BCUT2D eigenvalue weighted by atomic mass is 10.1. The zero-order valence-electron chi connectivity index (χ0n) is 11.2. The van der Waals surface area contributed by atoms with Gasteiger partial charge in [0.1, 0.15) is 0 Å². The van der Waals surface area contributed by atoms with Gasteiger partial charge in [0.15, 0.2) is 0 Å². The molecule has 0 radical (unpaired) electrons. The summed E-state index contributed by atoms with van der Waals surface area (Å²) in [6.07, 6.45) is 6.55. The Hall–Kier alpha value is -0.390. The molecule has 0 atom stereocenters. The van der Waals surface area contributed by atoms with E-state index in [4.69, 9.17) is 0 Å². The maximum absolute atomic E-state index is 12.4. The van der Waals surface area contributed by atoms with Crippen LogP contribution in [0.5, 0.6) is 0 Å². The van der Waals surface area contributed by atoms with Crippen LogP contribution in [-0.4, -0.2) is 14.5 Å². The maximum atomic E-state index is 12.4. The molecule has 3 nitrogen and oxygen atoms in total. The number of nitrogens with one attached hydrogen (secondary N) is 1. The Morgan fingerprint density at radius 3 is 2.37 bits per heavy atom. The Kier molecular flexibility index (Phi) is 5.03. The van der Waals surface area contributed by atoms with Crippen LogP contribution in [0.25, 0.3) is 0 Å². The highest BCUT2D eigenvalue weighted by Crippen LogP contribution is 2.25. The molecule has 0 saturated heterocycles. The van der Waals surface area contributed by atoms with Gasteiger partial charge in [0.25, 0.3) is 0 Å². The summed E-state index contributed by atoms with van der Waals surface area (Å²) < 4.78 is 28.3. The van der Waals surface area contributed by atoms with E-state index in [1.54, 1.807) is 6.07 Å². The summed E-state index contributed by atoms with van der Waals surface area (Å²) in [6, 6.07) is 5.41. The molecule has 1 N–H and O–H groups in total. The zero-order valence-corrected chi connectivity index (χ0v) is 13.6. The minimum Gasteiger partial charge on any atom is -0.208 e. The van der Waals surface area contributed by atoms with E-state index in [2.05, 4.69) is 20.7 Å². The van der Waals surface area contributed by atoms with Crippen LogP contribution in [0.2, 0.25) is 0 Å². The summed E-state index contributed by atoms with van der Waals surface area (Å²) >= 11 is 3.34. The van der Waals surface area contributed by atoms with E-state index in [0.29, 0.717) is 9.37 Å². The van der Waals surface area contributed by atoms with Crippen molar-refractivity contribution >= 4 is 26.0 Å². The minimum absolute atomic E-state index is 0.0840. The average molecular weight is 346 g/mol. The summed E-state index contributed by atoms with van der Waals surface area (Å²) in [7, 11) is -3.42. The summed E-state index contributed by atoms with van der Waals surface area (Å²) in [4.78, 5) is 0.336.